The van der Waals surface area contributed by atoms with Crippen LogP contribution in [0.3, 0.4) is 0 Å². The second-order valence-electron chi connectivity index (χ2n) is 3.74. The van der Waals surface area contributed by atoms with Crippen molar-refractivity contribution in [3.8, 4) is 11.5 Å². The second-order valence-corrected chi connectivity index (χ2v) is 3.74. The van der Waals surface area contributed by atoms with Crippen LogP contribution >= 0.6 is 0 Å². The number of alkyl halides is 1. The maximum absolute atomic E-state index is 13.5. The summed E-state index contributed by atoms with van der Waals surface area (Å²) in [4.78, 5) is 0. The Morgan fingerprint density at radius 2 is 1.50 bits per heavy atom. The first kappa shape index (κ1) is 12.8. The van der Waals surface area contributed by atoms with Crippen molar-refractivity contribution < 1.29 is 13.9 Å². The summed E-state index contributed by atoms with van der Waals surface area (Å²) in [5.41, 5.74) is 7.10. The van der Waals surface area contributed by atoms with Gasteiger partial charge in [0.25, 0.3) is 0 Å². The molecule has 1 aromatic carbocycles. The molecule has 90 valence electrons. The lowest BCUT2D eigenvalue weighted by Gasteiger charge is -2.17. The first-order valence-electron chi connectivity index (χ1n) is 5.16. The largest absolute Gasteiger partial charge is 0.493 e. The van der Waals surface area contributed by atoms with Gasteiger partial charge in [-0.25, -0.2) is 4.39 Å². The minimum absolute atomic E-state index is 0.243. The topological polar surface area (TPSA) is 44.5 Å². The standard InChI is InChI=1S/C12H18FNO2/c1-7(13)9-5-11(15-3)12(16-4)6-10(9)8(2)14/h5-8H,14H2,1-4H3. The Morgan fingerprint density at radius 3 is 1.81 bits per heavy atom. The molecule has 0 aliphatic carbocycles. The van der Waals surface area contributed by atoms with E-state index in [-0.39, 0.29) is 6.04 Å². The smallest absolute Gasteiger partial charge is 0.161 e. The highest BCUT2D eigenvalue weighted by atomic mass is 19.1. The molecule has 0 aromatic heterocycles. The van der Waals surface area contributed by atoms with E-state index in [0.29, 0.717) is 17.1 Å². The van der Waals surface area contributed by atoms with Crippen LogP contribution in [0.1, 0.15) is 37.2 Å². The fourth-order valence-corrected chi connectivity index (χ4v) is 1.65. The molecule has 0 aliphatic heterocycles. The molecule has 0 aliphatic rings. The summed E-state index contributed by atoms with van der Waals surface area (Å²) < 4.78 is 23.7. The van der Waals surface area contributed by atoms with E-state index in [0.717, 1.165) is 5.56 Å². The van der Waals surface area contributed by atoms with Crippen molar-refractivity contribution in [3.05, 3.63) is 23.3 Å². The molecule has 0 fully saturated rings. The second kappa shape index (κ2) is 5.16. The van der Waals surface area contributed by atoms with Crippen LogP contribution in [0.25, 0.3) is 0 Å². The van der Waals surface area contributed by atoms with Crippen LogP contribution in [0.15, 0.2) is 12.1 Å². The molecular formula is C12H18FNO2. The van der Waals surface area contributed by atoms with Gasteiger partial charge < -0.3 is 15.2 Å². The van der Waals surface area contributed by atoms with E-state index in [1.807, 2.05) is 6.92 Å². The molecule has 0 saturated carbocycles. The fraction of sp³-hybridized carbons (Fsp3) is 0.500. The van der Waals surface area contributed by atoms with Crippen LogP contribution in [0.5, 0.6) is 11.5 Å². The molecule has 4 heteroatoms. The van der Waals surface area contributed by atoms with Crippen LogP contribution < -0.4 is 15.2 Å². The minimum atomic E-state index is -1.08. The minimum Gasteiger partial charge on any atom is -0.493 e. The Morgan fingerprint density at radius 1 is 1.06 bits per heavy atom. The maximum Gasteiger partial charge on any atom is 0.161 e. The molecule has 0 saturated heterocycles. The van der Waals surface area contributed by atoms with Crippen molar-refractivity contribution in [1.29, 1.82) is 0 Å². The van der Waals surface area contributed by atoms with E-state index in [2.05, 4.69) is 0 Å². The summed E-state index contributed by atoms with van der Waals surface area (Å²) in [5.74, 6) is 1.09. The first-order valence-corrected chi connectivity index (χ1v) is 5.16. The van der Waals surface area contributed by atoms with Gasteiger partial charge in [-0.1, -0.05) is 0 Å². The zero-order valence-corrected chi connectivity index (χ0v) is 10.1. The lowest BCUT2D eigenvalue weighted by atomic mass is 9.98. The van der Waals surface area contributed by atoms with Gasteiger partial charge in [0.05, 0.1) is 14.2 Å². The summed E-state index contributed by atoms with van der Waals surface area (Å²) in [6.45, 7) is 3.29. The molecular weight excluding hydrogens is 209 g/mol. The Balaban J connectivity index is 3.35. The van der Waals surface area contributed by atoms with Gasteiger partial charge in [0, 0.05) is 6.04 Å². The highest BCUT2D eigenvalue weighted by Gasteiger charge is 2.17. The van der Waals surface area contributed by atoms with E-state index in [4.69, 9.17) is 15.2 Å². The lowest BCUT2D eigenvalue weighted by molar-refractivity contribution is 0.344. The van der Waals surface area contributed by atoms with E-state index in [1.165, 1.54) is 14.0 Å². The molecule has 16 heavy (non-hydrogen) atoms. The average molecular weight is 227 g/mol. The summed E-state index contributed by atoms with van der Waals surface area (Å²) in [5, 5.41) is 0. The highest BCUT2D eigenvalue weighted by Crippen LogP contribution is 2.36. The van der Waals surface area contributed by atoms with Crippen LogP contribution in [0.4, 0.5) is 4.39 Å². The van der Waals surface area contributed by atoms with Gasteiger partial charge in [0.15, 0.2) is 11.5 Å². The zero-order valence-electron chi connectivity index (χ0n) is 10.1. The van der Waals surface area contributed by atoms with Crippen molar-refractivity contribution >= 4 is 0 Å². The number of halogens is 1. The normalized spacial score (nSPS) is 14.4. The average Bonchev–Trinajstić information content (AvgIpc) is 2.26. The third kappa shape index (κ3) is 2.44. The number of nitrogens with two attached hydrogens (primary N) is 1. The zero-order chi connectivity index (χ0) is 12.3. The molecule has 2 N–H and O–H groups in total. The number of rotatable bonds is 4. The quantitative estimate of drug-likeness (QED) is 0.860. The molecule has 3 nitrogen and oxygen atoms in total. The fourth-order valence-electron chi connectivity index (χ4n) is 1.65. The maximum atomic E-state index is 13.5. The third-order valence-electron chi connectivity index (χ3n) is 2.51. The van der Waals surface area contributed by atoms with E-state index < -0.39 is 6.17 Å². The molecule has 0 spiro atoms. The molecule has 0 bridgehead atoms. The van der Waals surface area contributed by atoms with Crippen LogP contribution in [-0.2, 0) is 0 Å². The molecule has 1 aromatic rings. The number of methoxy groups -OCH3 is 2. The van der Waals surface area contributed by atoms with E-state index in [1.54, 1.807) is 19.2 Å². The SMILES string of the molecule is COc1cc(C(C)N)c(C(C)F)cc1OC. The van der Waals surface area contributed by atoms with Gasteiger partial charge in [-0.3, -0.25) is 0 Å². The highest BCUT2D eigenvalue weighted by molar-refractivity contribution is 5.49. The summed E-state index contributed by atoms with van der Waals surface area (Å²) in [7, 11) is 3.07. The molecule has 2 unspecified atom stereocenters. The van der Waals surface area contributed by atoms with Crippen molar-refractivity contribution in [2.75, 3.05) is 14.2 Å². The third-order valence-corrected chi connectivity index (χ3v) is 2.51. The van der Waals surface area contributed by atoms with E-state index in [9.17, 15) is 4.39 Å². The molecule has 1 rings (SSSR count). The van der Waals surface area contributed by atoms with Crippen LogP contribution in [0.2, 0.25) is 0 Å². The van der Waals surface area contributed by atoms with Gasteiger partial charge in [-0.2, -0.15) is 0 Å². The van der Waals surface area contributed by atoms with Gasteiger partial charge >= 0.3 is 0 Å². The summed E-state index contributed by atoms with van der Waals surface area (Å²) in [6.07, 6.45) is -1.08. The lowest BCUT2D eigenvalue weighted by Crippen LogP contribution is -2.10. The predicted molar refractivity (Wildman–Crippen MR) is 61.7 cm³/mol. The Labute approximate surface area is 95.4 Å². The summed E-state index contributed by atoms with van der Waals surface area (Å²) in [6, 6.07) is 3.13. The van der Waals surface area contributed by atoms with Crippen LogP contribution in [-0.4, -0.2) is 14.2 Å². The van der Waals surface area contributed by atoms with Crippen molar-refractivity contribution in [3.63, 3.8) is 0 Å². The number of hydrogen-bond donors (Lipinski definition) is 1. The monoisotopic (exact) mass is 227 g/mol. The van der Waals surface area contributed by atoms with Crippen molar-refractivity contribution in [2.24, 2.45) is 5.73 Å². The van der Waals surface area contributed by atoms with Crippen molar-refractivity contribution in [1.82, 2.24) is 0 Å². The van der Waals surface area contributed by atoms with E-state index >= 15 is 0 Å². The van der Waals surface area contributed by atoms with Gasteiger partial charge in [0.2, 0.25) is 0 Å². The number of hydrogen-bond acceptors (Lipinski definition) is 3. The molecule has 0 heterocycles. The van der Waals surface area contributed by atoms with Gasteiger partial charge in [-0.15, -0.1) is 0 Å². The number of ether oxygens (including phenoxy) is 2. The Hall–Kier alpha value is -1.29. The predicted octanol–water partition coefficient (Wildman–Crippen LogP) is 2.75. The van der Waals surface area contributed by atoms with Crippen LogP contribution in [0, 0.1) is 0 Å². The first-order chi connectivity index (χ1) is 7.51. The molecule has 0 radical (unpaired) electrons. The van der Waals surface area contributed by atoms with Gasteiger partial charge in [-0.05, 0) is 37.1 Å². The summed E-state index contributed by atoms with van der Waals surface area (Å²) >= 11 is 0. The number of benzene rings is 1. The molecule has 2 atom stereocenters. The Kier molecular flexibility index (Phi) is 4.12. The van der Waals surface area contributed by atoms with Gasteiger partial charge in [0.1, 0.15) is 6.17 Å². The van der Waals surface area contributed by atoms with Crippen molar-refractivity contribution in [2.45, 2.75) is 26.1 Å². The Bertz CT molecular complexity index is 329. The molecule has 0 amide bonds.